The van der Waals surface area contributed by atoms with Gasteiger partial charge in [0.1, 0.15) is 0 Å². The van der Waals surface area contributed by atoms with Gasteiger partial charge in [-0.1, -0.05) is 34.6 Å². The van der Waals surface area contributed by atoms with Crippen LogP contribution in [0.5, 0.6) is 0 Å². The Bertz CT molecular complexity index is 415. The smallest absolute Gasteiger partial charge is 0.0960 e. The highest BCUT2D eigenvalue weighted by Crippen LogP contribution is 2.63. The zero-order chi connectivity index (χ0) is 15.0. The molecule has 0 aromatic carbocycles. The highest BCUT2D eigenvalue weighted by Gasteiger charge is 2.56. The fourth-order valence-electron chi connectivity index (χ4n) is 4.43. The fourth-order valence-corrected chi connectivity index (χ4v) is 4.43. The molecule has 0 saturated heterocycles. The van der Waals surface area contributed by atoms with Crippen LogP contribution in [0.2, 0.25) is 0 Å². The standard InChI is InChI=1S/C18H30O2/c1-13-17(2,3)14-9-8-10-15(16(14)18(13,4)5)20-12-7-6-11-19/h6,11,13-14,19H,7-10,12H2,1-5H3/b11-6-. The van der Waals surface area contributed by atoms with Crippen LogP contribution in [0.3, 0.4) is 0 Å². The lowest BCUT2D eigenvalue weighted by molar-refractivity contribution is 0.146. The van der Waals surface area contributed by atoms with Crippen molar-refractivity contribution in [1.29, 1.82) is 0 Å². The second-order valence-electron chi connectivity index (χ2n) is 7.57. The molecule has 1 N–H and O–H groups in total. The molecule has 0 amide bonds. The van der Waals surface area contributed by atoms with Gasteiger partial charge in [-0.25, -0.2) is 0 Å². The van der Waals surface area contributed by atoms with E-state index in [1.54, 1.807) is 11.6 Å². The van der Waals surface area contributed by atoms with Crippen molar-refractivity contribution in [3.8, 4) is 0 Å². The summed E-state index contributed by atoms with van der Waals surface area (Å²) in [5.74, 6) is 2.59. The minimum absolute atomic E-state index is 0.233. The van der Waals surface area contributed by atoms with E-state index in [0.717, 1.165) is 19.1 Å². The Kier molecular flexibility index (Phi) is 4.22. The highest BCUT2D eigenvalue weighted by molar-refractivity contribution is 5.31. The molecule has 0 aliphatic heterocycles. The molecule has 2 heteroatoms. The Morgan fingerprint density at radius 2 is 2.00 bits per heavy atom. The predicted octanol–water partition coefficient (Wildman–Crippen LogP) is 5.22. The maximum atomic E-state index is 8.69. The SMILES string of the molecule is CC1C(C)(C)C2=C(OCC/C=C\O)CCCC2C1(C)C. The molecule has 2 aliphatic rings. The van der Waals surface area contributed by atoms with Crippen molar-refractivity contribution >= 4 is 0 Å². The van der Waals surface area contributed by atoms with E-state index in [0.29, 0.717) is 23.9 Å². The monoisotopic (exact) mass is 278 g/mol. The third-order valence-electron chi connectivity index (χ3n) is 6.00. The first-order chi connectivity index (χ1) is 9.33. The molecule has 0 aromatic rings. The van der Waals surface area contributed by atoms with E-state index in [1.165, 1.54) is 18.6 Å². The molecular weight excluding hydrogens is 248 g/mol. The Morgan fingerprint density at radius 3 is 2.65 bits per heavy atom. The van der Waals surface area contributed by atoms with Gasteiger partial charge in [-0.2, -0.15) is 0 Å². The van der Waals surface area contributed by atoms with Gasteiger partial charge in [0.05, 0.1) is 18.6 Å². The van der Waals surface area contributed by atoms with E-state index in [1.807, 2.05) is 0 Å². The van der Waals surface area contributed by atoms with Gasteiger partial charge >= 0.3 is 0 Å². The van der Waals surface area contributed by atoms with Gasteiger partial charge in [0.15, 0.2) is 0 Å². The van der Waals surface area contributed by atoms with Crippen molar-refractivity contribution < 1.29 is 9.84 Å². The molecule has 1 saturated carbocycles. The van der Waals surface area contributed by atoms with E-state index >= 15 is 0 Å². The molecule has 2 aliphatic carbocycles. The van der Waals surface area contributed by atoms with Gasteiger partial charge in [0, 0.05) is 12.8 Å². The van der Waals surface area contributed by atoms with Crippen LogP contribution in [0, 0.1) is 22.7 Å². The predicted molar refractivity (Wildman–Crippen MR) is 83.4 cm³/mol. The van der Waals surface area contributed by atoms with Crippen LogP contribution < -0.4 is 0 Å². The summed E-state index contributed by atoms with van der Waals surface area (Å²) in [6, 6.07) is 0. The molecule has 114 valence electrons. The van der Waals surface area contributed by atoms with E-state index in [-0.39, 0.29) is 5.41 Å². The van der Waals surface area contributed by atoms with Crippen molar-refractivity contribution in [1.82, 2.24) is 0 Å². The summed E-state index contributed by atoms with van der Waals surface area (Å²) >= 11 is 0. The number of rotatable bonds is 4. The van der Waals surface area contributed by atoms with Crippen LogP contribution >= 0.6 is 0 Å². The second-order valence-corrected chi connectivity index (χ2v) is 7.57. The summed E-state index contributed by atoms with van der Waals surface area (Å²) in [6.07, 6.45) is 7.26. The second kappa shape index (κ2) is 5.46. The van der Waals surface area contributed by atoms with Gasteiger partial charge in [-0.05, 0) is 47.2 Å². The molecule has 0 bridgehead atoms. The normalized spacial score (nSPS) is 31.6. The average molecular weight is 278 g/mol. The van der Waals surface area contributed by atoms with Crippen LogP contribution in [0.15, 0.2) is 23.7 Å². The van der Waals surface area contributed by atoms with Gasteiger partial charge in [-0.3, -0.25) is 0 Å². The van der Waals surface area contributed by atoms with Crippen LogP contribution in [-0.2, 0) is 4.74 Å². The molecular formula is C18H30O2. The lowest BCUT2D eigenvalue weighted by atomic mass is 9.71. The molecule has 2 atom stereocenters. The van der Waals surface area contributed by atoms with Gasteiger partial charge in [0.25, 0.3) is 0 Å². The summed E-state index contributed by atoms with van der Waals surface area (Å²) in [5, 5.41) is 8.69. The van der Waals surface area contributed by atoms with Crippen molar-refractivity contribution in [3.63, 3.8) is 0 Å². The van der Waals surface area contributed by atoms with E-state index in [9.17, 15) is 0 Å². The summed E-state index contributed by atoms with van der Waals surface area (Å²) in [7, 11) is 0. The quantitative estimate of drug-likeness (QED) is 0.564. The first kappa shape index (κ1) is 15.5. The van der Waals surface area contributed by atoms with Crippen LogP contribution in [-0.4, -0.2) is 11.7 Å². The van der Waals surface area contributed by atoms with Crippen LogP contribution in [0.4, 0.5) is 0 Å². The Labute approximate surface area is 123 Å². The largest absolute Gasteiger partial charge is 0.516 e. The Balaban J connectivity index is 2.27. The molecule has 0 spiro atoms. The summed E-state index contributed by atoms with van der Waals surface area (Å²) in [5.41, 5.74) is 2.17. The minimum Gasteiger partial charge on any atom is -0.516 e. The molecule has 0 heterocycles. The van der Waals surface area contributed by atoms with Crippen molar-refractivity contribution in [3.05, 3.63) is 23.7 Å². The maximum Gasteiger partial charge on any atom is 0.0960 e. The molecule has 20 heavy (non-hydrogen) atoms. The van der Waals surface area contributed by atoms with E-state index in [2.05, 4.69) is 34.6 Å². The van der Waals surface area contributed by atoms with E-state index < -0.39 is 0 Å². The summed E-state index contributed by atoms with van der Waals surface area (Å²) in [6.45, 7) is 12.7. The number of ether oxygens (including phenoxy) is 1. The first-order valence-corrected chi connectivity index (χ1v) is 7.99. The Hall–Kier alpha value is -0.920. The average Bonchev–Trinajstić information content (AvgIpc) is 2.54. The zero-order valence-corrected chi connectivity index (χ0v) is 13.7. The third-order valence-corrected chi connectivity index (χ3v) is 6.00. The number of fused-ring (bicyclic) bond motifs is 1. The number of hydrogen-bond donors (Lipinski definition) is 1. The van der Waals surface area contributed by atoms with Crippen LogP contribution in [0.1, 0.15) is 60.3 Å². The first-order valence-electron chi connectivity index (χ1n) is 7.99. The highest BCUT2D eigenvalue weighted by atomic mass is 16.5. The lowest BCUT2D eigenvalue weighted by Gasteiger charge is -2.34. The van der Waals surface area contributed by atoms with Crippen LogP contribution in [0.25, 0.3) is 0 Å². The molecule has 0 radical (unpaired) electrons. The third kappa shape index (κ3) is 2.38. The van der Waals surface area contributed by atoms with Gasteiger partial charge in [0.2, 0.25) is 0 Å². The number of aliphatic hydroxyl groups excluding tert-OH is 1. The van der Waals surface area contributed by atoms with Crippen molar-refractivity contribution in [2.75, 3.05) is 6.61 Å². The summed E-state index contributed by atoms with van der Waals surface area (Å²) in [4.78, 5) is 0. The van der Waals surface area contributed by atoms with Gasteiger partial charge < -0.3 is 9.84 Å². The Morgan fingerprint density at radius 1 is 1.30 bits per heavy atom. The number of aliphatic hydroxyl groups is 1. The summed E-state index contributed by atoms with van der Waals surface area (Å²) < 4.78 is 6.09. The maximum absolute atomic E-state index is 8.69. The zero-order valence-electron chi connectivity index (χ0n) is 13.7. The number of allylic oxidation sites excluding steroid dienone is 2. The lowest BCUT2D eigenvalue weighted by Crippen LogP contribution is -2.27. The fraction of sp³-hybridized carbons (Fsp3) is 0.778. The molecule has 1 fully saturated rings. The molecule has 2 rings (SSSR count). The minimum atomic E-state index is 0.233. The molecule has 2 nitrogen and oxygen atoms in total. The van der Waals surface area contributed by atoms with Crippen molar-refractivity contribution in [2.45, 2.75) is 60.3 Å². The number of hydrogen-bond acceptors (Lipinski definition) is 2. The van der Waals surface area contributed by atoms with Crippen molar-refractivity contribution in [2.24, 2.45) is 22.7 Å². The van der Waals surface area contributed by atoms with E-state index in [4.69, 9.17) is 9.84 Å². The molecule has 2 unspecified atom stereocenters. The molecule has 0 aromatic heterocycles. The van der Waals surface area contributed by atoms with Gasteiger partial charge in [-0.15, -0.1) is 0 Å². The topological polar surface area (TPSA) is 29.5 Å².